The van der Waals surface area contributed by atoms with Gasteiger partial charge in [0.15, 0.2) is 0 Å². The molecule has 0 aromatic heterocycles. The third kappa shape index (κ3) is 3.99. The predicted octanol–water partition coefficient (Wildman–Crippen LogP) is 5.09. The van der Waals surface area contributed by atoms with Gasteiger partial charge in [0.2, 0.25) is 0 Å². The first-order valence-corrected chi connectivity index (χ1v) is 6.98. The van der Waals surface area contributed by atoms with Gasteiger partial charge in [-0.2, -0.15) is 0 Å². The van der Waals surface area contributed by atoms with Crippen molar-refractivity contribution in [1.82, 2.24) is 0 Å². The summed E-state index contributed by atoms with van der Waals surface area (Å²) in [7, 11) is 0. The molecule has 0 spiro atoms. The highest BCUT2D eigenvalue weighted by Gasteiger charge is 2.17. The fourth-order valence-corrected chi connectivity index (χ4v) is 2.17. The van der Waals surface area contributed by atoms with E-state index in [1.165, 1.54) is 0 Å². The van der Waals surface area contributed by atoms with Gasteiger partial charge in [-0.1, -0.05) is 47.5 Å². The van der Waals surface area contributed by atoms with Gasteiger partial charge in [0.05, 0.1) is 10.0 Å². The number of ketones is 1. The molecule has 0 aliphatic rings. The van der Waals surface area contributed by atoms with Gasteiger partial charge in [-0.3, -0.25) is 4.79 Å². The van der Waals surface area contributed by atoms with Crippen LogP contribution >= 0.6 is 23.2 Å². The zero-order chi connectivity index (χ0) is 14.5. The summed E-state index contributed by atoms with van der Waals surface area (Å²) in [4.78, 5) is 11.4. The number of Topliss-reactive ketones (excluding diaryl/α,β-unsaturated/α-hetero) is 1. The molecule has 2 rings (SSSR count). The number of hydrogen-bond acceptors (Lipinski definition) is 2. The van der Waals surface area contributed by atoms with Crippen molar-refractivity contribution in [3.8, 4) is 5.75 Å². The molecule has 104 valence electrons. The minimum Gasteiger partial charge on any atom is -0.485 e. The smallest absolute Gasteiger partial charge is 0.133 e. The first-order valence-electron chi connectivity index (χ1n) is 6.22. The van der Waals surface area contributed by atoms with Gasteiger partial charge in [0.1, 0.15) is 17.6 Å². The van der Waals surface area contributed by atoms with Crippen molar-refractivity contribution < 1.29 is 9.53 Å². The molecule has 0 radical (unpaired) electrons. The zero-order valence-electron chi connectivity index (χ0n) is 11.0. The van der Waals surface area contributed by atoms with Crippen molar-refractivity contribution in [3.63, 3.8) is 0 Å². The van der Waals surface area contributed by atoms with Crippen molar-refractivity contribution in [2.45, 2.75) is 19.4 Å². The molecule has 0 saturated heterocycles. The average molecular weight is 309 g/mol. The van der Waals surface area contributed by atoms with Crippen LogP contribution in [0, 0.1) is 0 Å². The Labute approximate surface area is 128 Å². The van der Waals surface area contributed by atoms with Gasteiger partial charge < -0.3 is 4.74 Å². The minimum absolute atomic E-state index is 0.0528. The first-order chi connectivity index (χ1) is 9.56. The summed E-state index contributed by atoms with van der Waals surface area (Å²) in [6.07, 6.45) is -0.0861. The molecule has 0 aliphatic heterocycles. The summed E-state index contributed by atoms with van der Waals surface area (Å²) in [5.74, 6) is 0.766. The Balaban J connectivity index is 2.27. The third-order valence-electron chi connectivity index (χ3n) is 2.81. The van der Waals surface area contributed by atoms with Gasteiger partial charge in [-0.15, -0.1) is 0 Å². The summed E-state index contributed by atoms with van der Waals surface area (Å²) in [6, 6.07) is 14.7. The van der Waals surface area contributed by atoms with Crippen LogP contribution in [0.5, 0.6) is 5.75 Å². The second-order valence-corrected chi connectivity index (χ2v) is 5.31. The normalized spacial score (nSPS) is 11.9. The van der Waals surface area contributed by atoms with E-state index in [-0.39, 0.29) is 18.3 Å². The number of halogens is 2. The van der Waals surface area contributed by atoms with Gasteiger partial charge in [0.25, 0.3) is 0 Å². The van der Waals surface area contributed by atoms with Crippen LogP contribution in [0.2, 0.25) is 10.0 Å². The molecule has 1 unspecified atom stereocenters. The number of ether oxygens (including phenoxy) is 1. The fourth-order valence-electron chi connectivity index (χ4n) is 1.86. The second-order valence-electron chi connectivity index (χ2n) is 4.50. The summed E-state index contributed by atoms with van der Waals surface area (Å²) < 4.78 is 5.88. The van der Waals surface area contributed by atoms with E-state index in [0.29, 0.717) is 15.8 Å². The topological polar surface area (TPSA) is 26.3 Å². The Hall–Kier alpha value is -1.51. The van der Waals surface area contributed by atoms with E-state index >= 15 is 0 Å². The van der Waals surface area contributed by atoms with Gasteiger partial charge >= 0.3 is 0 Å². The van der Waals surface area contributed by atoms with E-state index in [1.807, 2.05) is 36.4 Å². The van der Waals surface area contributed by atoms with Crippen LogP contribution in [0.4, 0.5) is 0 Å². The molecule has 4 heteroatoms. The maximum absolute atomic E-state index is 11.4. The molecule has 2 aromatic carbocycles. The summed E-state index contributed by atoms with van der Waals surface area (Å²) in [5, 5.41) is 0.936. The van der Waals surface area contributed by atoms with Gasteiger partial charge in [-0.25, -0.2) is 0 Å². The van der Waals surface area contributed by atoms with Crippen molar-refractivity contribution in [2.24, 2.45) is 0 Å². The summed E-state index contributed by atoms with van der Waals surface area (Å²) in [5.41, 5.74) is 0.832. The molecule has 0 N–H and O–H groups in total. The van der Waals surface area contributed by atoms with E-state index < -0.39 is 0 Å². The van der Waals surface area contributed by atoms with Crippen molar-refractivity contribution >= 4 is 29.0 Å². The van der Waals surface area contributed by atoms with Crippen LogP contribution < -0.4 is 4.74 Å². The molecule has 2 nitrogen and oxygen atoms in total. The van der Waals surface area contributed by atoms with Crippen LogP contribution in [-0.4, -0.2) is 5.78 Å². The second kappa shape index (κ2) is 6.78. The Morgan fingerprint density at radius 2 is 1.80 bits per heavy atom. The van der Waals surface area contributed by atoms with Crippen LogP contribution in [0.25, 0.3) is 0 Å². The minimum atomic E-state index is -0.371. The number of carbonyl (C=O) groups excluding carboxylic acids is 1. The van der Waals surface area contributed by atoms with Crippen LogP contribution in [-0.2, 0) is 4.79 Å². The Morgan fingerprint density at radius 1 is 1.10 bits per heavy atom. The molecule has 0 amide bonds. The highest BCUT2D eigenvalue weighted by Crippen LogP contribution is 2.30. The van der Waals surface area contributed by atoms with Crippen LogP contribution in [0.3, 0.4) is 0 Å². The largest absolute Gasteiger partial charge is 0.485 e. The number of rotatable bonds is 5. The van der Waals surface area contributed by atoms with E-state index in [4.69, 9.17) is 27.9 Å². The van der Waals surface area contributed by atoms with Crippen molar-refractivity contribution in [2.75, 3.05) is 0 Å². The molecule has 1 atom stereocenters. The zero-order valence-corrected chi connectivity index (χ0v) is 12.5. The van der Waals surface area contributed by atoms with E-state index in [9.17, 15) is 4.79 Å². The lowest BCUT2D eigenvalue weighted by atomic mass is 10.0. The van der Waals surface area contributed by atoms with E-state index in [0.717, 1.165) is 5.56 Å². The molecule has 0 fully saturated rings. The molecular weight excluding hydrogens is 295 g/mol. The van der Waals surface area contributed by atoms with E-state index in [2.05, 4.69) is 0 Å². The molecule has 2 aromatic rings. The highest BCUT2D eigenvalue weighted by molar-refractivity contribution is 6.42. The quantitative estimate of drug-likeness (QED) is 0.768. The van der Waals surface area contributed by atoms with Crippen molar-refractivity contribution in [1.29, 1.82) is 0 Å². The number of para-hydroxylation sites is 1. The fraction of sp³-hybridized carbons (Fsp3) is 0.188. The predicted molar refractivity (Wildman–Crippen MR) is 81.6 cm³/mol. The first kappa shape index (κ1) is 14.9. The number of hydrogen-bond donors (Lipinski definition) is 0. The third-order valence-corrected chi connectivity index (χ3v) is 3.55. The van der Waals surface area contributed by atoms with Crippen LogP contribution in [0.15, 0.2) is 48.5 Å². The molecule has 20 heavy (non-hydrogen) atoms. The Kier molecular flexibility index (Phi) is 5.05. The van der Waals surface area contributed by atoms with Crippen LogP contribution in [0.1, 0.15) is 25.0 Å². The lowest BCUT2D eigenvalue weighted by Crippen LogP contribution is -2.11. The summed E-state index contributed by atoms with van der Waals surface area (Å²) in [6.45, 7) is 1.54. The maximum atomic E-state index is 11.4. The monoisotopic (exact) mass is 308 g/mol. The van der Waals surface area contributed by atoms with E-state index in [1.54, 1.807) is 19.1 Å². The lowest BCUT2D eigenvalue weighted by molar-refractivity contribution is -0.118. The SMILES string of the molecule is CC(=O)CC(Oc1ccccc1)c1ccc(Cl)c(Cl)c1. The van der Waals surface area contributed by atoms with Gasteiger partial charge in [-0.05, 0) is 36.8 Å². The molecule has 0 saturated carbocycles. The number of carbonyl (C=O) groups is 1. The lowest BCUT2D eigenvalue weighted by Gasteiger charge is -2.19. The average Bonchev–Trinajstić information content (AvgIpc) is 2.42. The molecule has 0 heterocycles. The molecular formula is C16H14Cl2O2. The molecule has 0 bridgehead atoms. The highest BCUT2D eigenvalue weighted by atomic mass is 35.5. The van der Waals surface area contributed by atoms with Crippen molar-refractivity contribution in [3.05, 3.63) is 64.1 Å². The summed E-state index contributed by atoms with van der Waals surface area (Å²) >= 11 is 11.9. The maximum Gasteiger partial charge on any atom is 0.133 e. The Morgan fingerprint density at radius 3 is 2.40 bits per heavy atom. The standard InChI is InChI=1S/C16H14Cl2O2/c1-11(19)9-16(20-13-5-3-2-4-6-13)12-7-8-14(17)15(18)10-12/h2-8,10,16H,9H2,1H3. The molecule has 0 aliphatic carbocycles. The number of benzene rings is 2. The van der Waals surface area contributed by atoms with Gasteiger partial charge in [0, 0.05) is 6.42 Å². The Bertz CT molecular complexity index is 597.